The van der Waals surface area contributed by atoms with Crippen molar-refractivity contribution in [1.29, 1.82) is 0 Å². The first kappa shape index (κ1) is 16.4. The number of benzene rings is 1. The van der Waals surface area contributed by atoms with E-state index >= 15 is 0 Å². The number of amides is 1. The number of carbonyl (C=O) groups is 1. The maximum absolute atomic E-state index is 12.5. The summed E-state index contributed by atoms with van der Waals surface area (Å²) in [5, 5.41) is 3.25. The number of unbranched alkanes of at least 4 members (excludes halogenated alkanes) is 1. The van der Waals surface area contributed by atoms with Crippen molar-refractivity contribution in [2.24, 2.45) is 0 Å². The van der Waals surface area contributed by atoms with Crippen LogP contribution < -0.4 is 5.32 Å². The average Bonchev–Trinajstić information content (AvgIpc) is 3.22. The maximum atomic E-state index is 12.5. The lowest BCUT2D eigenvalue weighted by Crippen LogP contribution is -2.42. The number of nitrogens with one attached hydrogen (secondary N) is 1. The standard InChI is InChI=1S/C18H26N2O3/c1-20(10-6-5-9-15-7-3-2-4-8-15)17(21)16-13-18(14-19-16)22-11-12-23-18/h2-4,7-8,16,19H,5-6,9-14H2,1H3/t16-/m0/s1. The molecule has 2 aliphatic rings. The SMILES string of the molecule is CN(CCCCc1ccccc1)C(=O)[C@@H]1CC2(CN1)OCCO2. The number of nitrogens with zero attached hydrogens (tertiary/aromatic N) is 1. The predicted octanol–water partition coefficient (Wildman–Crippen LogP) is 1.57. The number of aryl methyl sites for hydroxylation is 1. The van der Waals surface area contributed by atoms with E-state index in [1.54, 1.807) is 0 Å². The third kappa shape index (κ3) is 4.10. The first-order chi connectivity index (χ1) is 11.2. The van der Waals surface area contributed by atoms with Crippen LogP contribution in [0, 0.1) is 0 Å². The minimum Gasteiger partial charge on any atom is -0.346 e. The zero-order valence-electron chi connectivity index (χ0n) is 13.8. The highest BCUT2D eigenvalue weighted by Gasteiger charge is 2.46. The van der Waals surface area contributed by atoms with E-state index in [0.29, 0.717) is 26.2 Å². The molecule has 1 amide bonds. The topological polar surface area (TPSA) is 50.8 Å². The molecule has 3 rings (SSSR count). The Hall–Kier alpha value is -1.43. The van der Waals surface area contributed by atoms with Crippen molar-refractivity contribution in [1.82, 2.24) is 10.2 Å². The Morgan fingerprint density at radius 1 is 1.26 bits per heavy atom. The van der Waals surface area contributed by atoms with Crippen LogP contribution in [0.15, 0.2) is 30.3 Å². The van der Waals surface area contributed by atoms with Gasteiger partial charge in [-0.2, -0.15) is 0 Å². The van der Waals surface area contributed by atoms with Gasteiger partial charge in [0.1, 0.15) is 0 Å². The molecule has 0 radical (unpaired) electrons. The van der Waals surface area contributed by atoms with Gasteiger partial charge < -0.3 is 19.7 Å². The van der Waals surface area contributed by atoms with Gasteiger partial charge in [0.2, 0.25) is 5.91 Å². The van der Waals surface area contributed by atoms with Crippen molar-refractivity contribution >= 4 is 5.91 Å². The number of hydrogen-bond acceptors (Lipinski definition) is 4. The summed E-state index contributed by atoms with van der Waals surface area (Å²) in [5.74, 6) is -0.422. The fourth-order valence-corrected chi connectivity index (χ4v) is 3.32. The molecule has 0 saturated carbocycles. The summed E-state index contributed by atoms with van der Waals surface area (Å²) in [6.45, 7) is 2.64. The first-order valence-electron chi connectivity index (χ1n) is 8.49. The molecule has 2 fully saturated rings. The molecule has 2 heterocycles. The summed E-state index contributed by atoms with van der Waals surface area (Å²) in [6, 6.07) is 10.3. The van der Waals surface area contributed by atoms with E-state index in [0.717, 1.165) is 25.8 Å². The third-order valence-electron chi connectivity index (χ3n) is 4.67. The first-order valence-corrected chi connectivity index (χ1v) is 8.49. The average molecular weight is 318 g/mol. The molecule has 0 unspecified atom stereocenters. The highest BCUT2D eigenvalue weighted by atomic mass is 16.7. The van der Waals surface area contributed by atoms with Crippen molar-refractivity contribution < 1.29 is 14.3 Å². The Morgan fingerprint density at radius 3 is 2.74 bits per heavy atom. The highest BCUT2D eigenvalue weighted by Crippen LogP contribution is 2.29. The molecule has 1 atom stereocenters. The normalized spacial score (nSPS) is 22.6. The van der Waals surface area contributed by atoms with Crippen molar-refractivity contribution in [3.8, 4) is 0 Å². The summed E-state index contributed by atoms with van der Waals surface area (Å²) >= 11 is 0. The fourth-order valence-electron chi connectivity index (χ4n) is 3.32. The Kier molecular flexibility index (Phi) is 5.30. The van der Waals surface area contributed by atoms with Crippen LogP contribution in [0.4, 0.5) is 0 Å². The molecule has 23 heavy (non-hydrogen) atoms. The smallest absolute Gasteiger partial charge is 0.239 e. The zero-order valence-corrected chi connectivity index (χ0v) is 13.8. The molecule has 0 bridgehead atoms. The van der Waals surface area contributed by atoms with Crippen LogP contribution in [0.5, 0.6) is 0 Å². The molecular weight excluding hydrogens is 292 g/mol. The molecule has 5 heteroatoms. The molecule has 1 aromatic rings. The van der Waals surface area contributed by atoms with Crippen molar-refractivity contribution in [2.75, 3.05) is 33.4 Å². The van der Waals surface area contributed by atoms with E-state index in [9.17, 15) is 4.79 Å². The predicted molar refractivity (Wildman–Crippen MR) is 88.1 cm³/mol. The largest absolute Gasteiger partial charge is 0.346 e. The fraction of sp³-hybridized carbons (Fsp3) is 0.611. The van der Waals surface area contributed by atoms with Crippen molar-refractivity contribution in [2.45, 2.75) is 37.5 Å². The van der Waals surface area contributed by atoms with Gasteiger partial charge >= 0.3 is 0 Å². The van der Waals surface area contributed by atoms with Gasteiger partial charge in [-0.05, 0) is 24.8 Å². The van der Waals surface area contributed by atoms with Gasteiger partial charge in [0.15, 0.2) is 5.79 Å². The molecule has 0 aromatic heterocycles. The Morgan fingerprint density at radius 2 is 2.00 bits per heavy atom. The second kappa shape index (κ2) is 7.43. The molecule has 1 N–H and O–H groups in total. The van der Waals surface area contributed by atoms with Crippen LogP contribution in [0.1, 0.15) is 24.8 Å². The lowest BCUT2D eigenvalue weighted by Gasteiger charge is -2.23. The monoisotopic (exact) mass is 318 g/mol. The molecule has 1 aromatic carbocycles. The van der Waals surface area contributed by atoms with Gasteiger partial charge in [-0.3, -0.25) is 4.79 Å². The second-order valence-electron chi connectivity index (χ2n) is 6.45. The Labute approximate surface area is 137 Å². The van der Waals surface area contributed by atoms with Crippen LogP contribution in [0.2, 0.25) is 0 Å². The summed E-state index contributed by atoms with van der Waals surface area (Å²) in [5.41, 5.74) is 1.36. The van der Waals surface area contributed by atoms with E-state index in [4.69, 9.17) is 9.47 Å². The minimum atomic E-state index is -0.561. The minimum absolute atomic E-state index is 0.140. The number of rotatable bonds is 6. The molecular formula is C18H26N2O3. The second-order valence-corrected chi connectivity index (χ2v) is 6.45. The molecule has 126 valence electrons. The van der Waals surface area contributed by atoms with E-state index in [1.807, 2.05) is 18.0 Å². The van der Waals surface area contributed by atoms with Gasteiger partial charge in [0, 0.05) is 20.0 Å². The molecule has 5 nitrogen and oxygen atoms in total. The summed E-state index contributed by atoms with van der Waals surface area (Å²) in [7, 11) is 1.88. The van der Waals surface area contributed by atoms with Crippen molar-refractivity contribution in [3.05, 3.63) is 35.9 Å². The molecule has 2 aliphatic heterocycles. The Balaban J connectivity index is 1.38. The van der Waals surface area contributed by atoms with Gasteiger partial charge in [-0.1, -0.05) is 30.3 Å². The van der Waals surface area contributed by atoms with E-state index in [-0.39, 0.29) is 11.9 Å². The lowest BCUT2D eigenvalue weighted by molar-refractivity contribution is -0.146. The van der Waals surface area contributed by atoms with Crippen LogP contribution in [-0.2, 0) is 20.7 Å². The zero-order chi connectivity index (χ0) is 16.1. The third-order valence-corrected chi connectivity index (χ3v) is 4.67. The number of likely N-dealkylation sites (N-methyl/N-ethyl adjacent to an activating group) is 1. The lowest BCUT2D eigenvalue weighted by atomic mass is 10.1. The van der Waals surface area contributed by atoms with Gasteiger partial charge in [-0.25, -0.2) is 0 Å². The van der Waals surface area contributed by atoms with Crippen LogP contribution in [-0.4, -0.2) is 56.0 Å². The number of hydrogen-bond donors (Lipinski definition) is 1. The maximum Gasteiger partial charge on any atom is 0.239 e. The summed E-state index contributed by atoms with van der Waals surface area (Å²) in [4.78, 5) is 14.3. The molecule has 2 saturated heterocycles. The quantitative estimate of drug-likeness (QED) is 0.809. The molecule has 0 aliphatic carbocycles. The van der Waals surface area contributed by atoms with Crippen LogP contribution in [0.25, 0.3) is 0 Å². The van der Waals surface area contributed by atoms with Crippen LogP contribution in [0.3, 0.4) is 0 Å². The van der Waals surface area contributed by atoms with E-state index in [2.05, 4.69) is 29.6 Å². The van der Waals surface area contributed by atoms with Gasteiger partial charge in [0.05, 0.1) is 25.8 Å². The van der Waals surface area contributed by atoms with Gasteiger partial charge in [-0.15, -0.1) is 0 Å². The van der Waals surface area contributed by atoms with E-state index in [1.165, 1.54) is 5.56 Å². The van der Waals surface area contributed by atoms with Crippen LogP contribution >= 0.6 is 0 Å². The summed E-state index contributed by atoms with van der Waals surface area (Å²) in [6.07, 6.45) is 3.79. The molecule has 1 spiro atoms. The highest BCUT2D eigenvalue weighted by molar-refractivity contribution is 5.82. The van der Waals surface area contributed by atoms with E-state index < -0.39 is 5.79 Å². The van der Waals surface area contributed by atoms with Crippen molar-refractivity contribution in [3.63, 3.8) is 0 Å². The Bertz CT molecular complexity index is 514. The summed E-state index contributed by atoms with van der Waals surface area (Å²) < 4.78 is 11.3. The number of carbonyl (C=O) groups excluding carboxylic acids is 1. The number of ether oxygens (including phenoxy) is 2. The van der Waals surface area contributed by atoms with Gasteiger partial charge in [0.25, 0.3) is 0 Å².